The Hall–Kier alpha value is -2.46. The molecular weight excluding hydrogens is 486 g/mol. The Morgan fingerprint density at radius 3 is 2.33 bits per heavy atom. The van der Waals surface area contributed by atoms with Crippen LogP contribution in [-0.4, -0.2) is 31.3 Å². The van der Waals surface area contributed by atoms with Gasteiger partial charge in [-0.25, -0.2) is 4.99 Å². The van der Waals surface area contributed by atoms with E-state index in [-0.39, 0.29) is 36.0 Å². The molecule has 0 radical (unpaired) electrons. The van der Waals surface area contributed by atoms with Gasteiger partial charge in [0.25, 0.3) is 0 Å². The lowest BCUT2D eigenvalue weighted by Gasteiger charge is -2.46. The van der Waals surface area contributed by atoms with Crippen molar-refractivity contribution in [3.8, 4) is 0 Å². The number of carbonyl (C=O) groups is 1. The van der Waals surface area contributed by atoms with Crippen LogP contribution in [0, 0.1) is 11.8 Å². The van der Waals surface area contributed by atoms with E-state index in [1.54, 1.807) is 0 Å². The number of carbonyl (C=O) groups excluding carboxylic acids is 1. The number of benzene rings is 1. The van der Waals surface area contributed by atoms with Gasteiger partial charge < -0.3 is 10.1 Å². The summed E-state index contributed by atoms with van der Waals surface area (Å²) in [6, 6.07) is 1.54. The van der Waals surface area contributed by atoms with E-state index >= 15 is 0 Å². The Balaban J connectivity index is 1.77. The van der Waals surface area contributed by atoms with Crippen molar-refractivity contribution in [3.63, 3.8) is 0 Å². The quantitative estimate of drug-likeness (QED) is 0.310. The van der Waals surface area contributed by atoms with Crippen LogP contribution >= 0.6 is 0 Å². The molecule has 1 fully saturated rings. The zero-order valence-electron chi connectivity index (χ0n) is 20.0. The molecule has 4 nitrogen and oxygen atoms in total. The molecule has 0 saturated carbocycles. The highest BCUT2D eigenvalue weighted by atomic mass is 19.4. The number of piperidine rings is 1. The van der Waals surface area contributed by atoms with Crippen LogP contribution in [0.2, 0.25) is 0 Å². The van der Waals surface area contributed by atoms with Crippen molar-refractivity contribution in [2.45, 2.75) is 63.0 Å². The van der Waals surface area contributed by atoms with Gasteiger partial charge in [-0.1, -0.05) is 24.3 Å². The molecule has 4 atom stereocenters. The number of rotatable bonds is 8. The first-order chi connectivity index (χ1) is 16.8. The number of nitrogens with zero attached hydrogens (tertiary/aromatic N) is 1. The van der Waals surface area contributed by atoms with E-state index in [0.717, 1.165) is 12.8 Å². The predicted octanol–water partition coefficient (Wildman–Crippen LogP) is 6.68. The number of hydrogen-bond donors (Lipinski definition) is 1. The highest BCUT2D eigenvalue weighted by molar-refractivity contribution is 5.80. The first-order valence-corrected chi connectivity index (χ1v) is 11.8. The lowest BCUT2D eigenvalue weighted by Crippen LogP contribution is -2.58. The predicted molar refractivity (Wildman–Crippen MR) is 124 cm³/mol. The number of ether oxygens (including phenoxy) is 1. The monoisotopic (exact) mass is 516 g/mol. The fraction of sp³-hybridized carbons (Fsp3) is 0.538. The Morgan fingerprint density at radius 1 is 1.17 bits per heavy atom. The smallest absolute Gasteiger partial charge is 0.372 e. The molecule has 36 heavy (non-hydrogen) atoms. The van der Waals surface area contributed by atoms with Gasteiger partial charge in [-0.2, -0.15) is 26.3 Å². The number of allylic oxidation sites excluding steroid dienone is 3. The van der Waals surface area contributed by atoms with Gasteiger partial charge in [0.15, 0.2) is 0 Å². The van der Waals surface area contributed by atoms with Gasteiger partial charge in [-0.15, -0.1) is 0 Å². The van der Waals surface area contributed by atoms with Gasteiger partial charge in [0.05, 0.1) is 23.8 Å². The molecule has 1 unspecified atom stereocenters. The fourth-order valence-electron chi connectivity index (χ4n) is 4.77. The summed E-state index contributed by atoms with van der Waals surface area (Å²) in [4.78, 5) is 14.9. The third-order valence-corrected chi connectivity index (χ3v) is 7.05. The molecule has 1 aliphatic carbocycles. The minimum Gasteiger partial charge on any atom is -0.372 e. The van der Waals surface area contributed by atoms with Crippen LogP contribution < -0.4 is 5.32 Å². The maximum Gasteiger partial charge on any atom is 0.416 e. The van der Waals surface area contributed by atoms with Crippen molar-refractivity contribution in [3.05, 3.63) is 59.2 Å². The average molecular weight is 517 g/mol. The molecule has 0 spiro atoms. The van der Waals surface area contributed by atoms with Crippen LogP contribution in [0.15, 0.2) is 47.5 Å². The summed E-state index contributed by atoms with van der Waals surface area (Å²) in [6.07, 6.45) is 0.234. The zero-order chi connectivity index (χ0) is 26.6. The molecule has 0 bridgehead atoms. The van der Waals surface area contributed by atoms with Crippen molar-refractivity contribution in [1.82, 2.24) is 5.32 Å². The van der Waals surface area contributed by atoms with E-state index in [4.69, 9.17) is 4.74 Å². The van der Waals surface area contributed by atoms with Crippen molar-refractivity contribution < 1.29 is 35.9 Å². The van der Waals surface area contributed by atoms with E-state index < -0.39 is 35.1 Å². The summed E-state index contributed by atoms with van der Waals surface area (Å²) in [5, 5.41) is 3.54. The molecule has 1 saturated heterocycles. The normalized spacial score (nSPS) is 25.5. The minimum absolute atomic E-state index is 0.0411. The molecule has 1 aromatic carbocycles. The number of nitrogens with one attached hydrogen (secondary N) is 1. The van der Waals surface area contributed by atoms with Crippen LogP contribution in [0.25, 0.3) is 0 Å². The number of halogens is 6. The summed E-state index contributed by atoms with van der Waals surface area (Å²) in [6.45, 7) is 5.41. The molecule has 1 amide bonds. The fourth-order valence-corrected chi connectivity index (χ4v) is 4.77. The number of amides is 1. The Kier molecular flexibility index (Phi) is 8.82. The van der Waals surface area contributed by atoms with Crippen molar-refractivity contribution in [2.75, 3.05) is 13.2 Å². The lowest BCUT2D eigenvalue weighted by molar-refractivity contribution is -0.143. The van der Waals surface area contributed by atoms with E-state index in [9.17, 15) is 31.1 Å². The second-order valence-electron chi connectivity index (χ2n) is 9.48. The van der Waals surface area contributed by atoms with Crippen LogP contribution in [0.4, 0.5) is 26.3 Å². The number of aliphatic imine (C=N–C) groups is 1. The summed E-state index contributed by atoms with van der Waals surface area (Å²) in [7, 11) is 0. The average Bonchev–Trinajstić information content (AvgIpc) is 2.85. The molecule has 1 heterocycles. The van der Waals surface area contributed by atoms with Crippen LogP contribution in [0.3, 0.4) is 0 Å². The Bertz CT molecular complexity index is 959. The summed E-state index contributed by atoms with van der Waals surface area (Å²) in [5.74, 6) is 0.0187. The van der Waals surface area contributed by atoms with Crippen molar-refractivity contribution in [2.24, 2.45) is 16.8 Å². The number of hydrogen-bond acceptors (Lipinski definition) is 3. The largest absolute Gasteiger partial charge is 0.416 e. The molecule has 1 aromatic rings. The first kappa shape index (κ1) is 28.1. The molecule has 1 aliphatic heterocycles. The standard InChI is InChI=1S/C26H30F6N2O2/c1-17(19-12-21(25(27,28)29)14-22(13-19)26(30,31)32)36-16-24(20-6-4-3-5-7-20)11-10-18(15-34-24)8-9-23(35)33-2/h3-6,12-14,17-18,20,34H,2,7-11,15-16H2,1H3/t17-,18+,20?,24-/m1/s1. The van der Waals surface area contributed by atoms with Gasteiger partial charge in [0, 0.05) is 17.9 Å². The first-order valence-electron chi connectivity index (χ1n) is 11.8. The summed E-state index contributed by atoms with van der Waals surface area (Å²) < 4.78 is 85.7. The summed E-state index contributed by atoms with van der Waals surface area (Å²) >= 11 is 0. The zero-order valence-corrected chi connectivity index (χ0v) is 20.0. The SMILES string of the molecule is C=NC(=O)CC[C@H]1CC[C@@](CO[C@H](C)c2cc(C(F)(F)F)cc(C(F)(F)F)c2)(C2C=CC=CC2)NC1. The van der Waals surface area contributed by atoms with Gasteiger partial charge in [-0.05, 0) is 75.5 Å². The van der Waals surface area contributed by atoms with Gasteiger partial charge in [-0.3, -0.25) is 4.79 Å². The third-order valence-electron chi connectivity index (χ3n) is 7.05. The van der Waals surface area contributed by atoms with E-state index in [0.29, 0.717) is 37.9 Å². The van der Waals surface area contributed by atoms with Gasteiger partial charge in [0.1, 0.15) is 0 Å². The molecule has 1 N–H and O–H groups in total. The molecule has 10 heteroatoms. The van der Waals surface area contributed by atoms with Crippen LogP contribution in [0.5, 0.6) is 0 Å². The van der Waals surface area contributed by atoms with E-state index in [2.05, 4.69) is 17.0 Å². The minimum atomic E-state index is -4.92. The van der Waals surface area contributed by atoms with Crippen LogP contribution in [0.1, 0.15) is 61.8 Å². The van der Waals surface area contributed by atoms with E-state index in [1.807, 2.05) is 24.3 Å². The molecule has 0 aromatic heterocycles. The van der Waals surface area contributed by atoms with Gasteiger partial charge >= 0.3 is 12.4 Å². The maximum atomic E-state index is 13.3. The topological polar surface area (TPSA) is 50.7 Å². The lowest BCUT2D eigenvalue weighted by atomic mass is 9.72. The molecule has 198 valence electrons. The number of alkyl halides is 6. The van der Waals surface area contributed by atoms with E-state index in [1.165, 1.54) is 6.92 Å². The highest BCUT2D eigenvalue weighted by Gasteiger charge is 2.42. The van der Waals surface area contributed by atoms with Crippen LogP contribution in [-0.2, 0) is 21.9 Å². The third kappa shape index (κ3) is 7.06. The van der Waals surface area contributed by atoms with Gasteiger partial charge in [0.2, 0.25) is 5.91 Å². The second kappa shape index (κ2) is 11.3. The van der Waals surface area contributed by atoms with Crippen molar-refractivity contribution >= 4 is 12.6 Å². The highest BCUT2D eigenvalue weighted by Crippen LogP contribution is 2.40. The Labute approximate surface area is 206 Å². The van der Waals surface area contributed by atoms with Crippen molar-refractivity contribution in [1.29, 1.82) is 0 Å². The molecule has 2 aliphatic rings. The Morgan fingerprint density at radius 2 is 1.83 bits per heavy atom. The second-order valence-corrected chi connectivity index (χ2v) is 9.48. The molecular formula is C26H30F6N2O2. The maximum absolute atomic E-state index is 13.3. The summed E-state index contributed by atoms with van der Waals surface area (Å²) in [5.41, 5.74) is -3.45. The molecule has 3 rings (SSSR count).